The summed E-state index contributed by atoms with van der Waals surface area (Å²) in [5.41, 5.74) is 0.873. The van der Waals surface area contributed by atoms with Gasteiger partial charge in [0.2, 0.25) is 5.91 Å². The second-order valence-corrected chi connectivity index (χ2v) is 7.32. The van der Waals surface area contributed by atoms with Gasteiger partial charge < -0.3 is 9.64 Å². The molecule has 3 amide bonds. The van der Waals surface area contributed by atoms with Gasteiger partial charge in [0.1, 0.15) is 6.54 Å². The van der Waals surface area contributed by atoms with Gasteiger partial charge in [-0.25, -0.2) is 0 Å². The summed E-state index contributed by atoms with van der Waals surface area (Å²) in [5, 5.41) is 1.66. The van der Waals surface area contributed by atoms with Crippen molar-refractivity contribution in [1.29, 1.82) is 0 Å². The lowest BCUT2D eigenvalue weighted by Crippen LogP contribution is -2.46. The molecule has 2 heterocycles. The van der Waals surface area contributed by atoms with Gasteiger partial charge in [0.25, 0.3) is 11.1 Å². The minimum absolute atomic E-state index is 0.225. The number of rotatable bonds is 3. The number of benzene rings is 2. The molecule has 2 aromatic rings. The zero-order valence-corrected chi connectivity index (χ0v) is 15.4. The third-order valence-electron chi connectivity index (χ3n) is 4.64. The molecule has 0 aliphatic carbocycles. The van der Waals surface area contributed by atoms with Gasteiger partial charge in [-0.1, -0.05) is 42.5 Å². The third kappa shape index (κ3) is 3.61. The first-order valence-electron chi connectivity index (χ1n) is 8.72. The molecule has 138 valence electrons. The Morgan fingerprint density at radius 1 is 1.07 bits per heavy atom. The molecule has 0 spiro atoms. The van der Waals surface area contributed by atoms with Crippen LogP contribution in [0, 0.1) is 0 Å². The molecule has 0 unspecified atom stereocenters. The van der Waals surface area contributed by atoms with Crippen LogP contribution in [0.1, 0.15) is 5.56 Å². The van der Waals surface area contributed by atoms with Crippen LogP contribution in [0.4, 0.5) is 4.79 Å². The summed E-state index contributed by atoms with van der Waals surface area (Å²) in [6.07, 6.45) is 1.73. The molecule has 0 radical (unpaired) electrons. The first-order chi connectivity index (χ1) is 13.1. The lowest BCUT2D eigenvalue weighted by atomic mass is 10.0. The first-order valence-corrected chi connectivity index (χ1v) is 9.54. The molecule has 2 aliphatic rings. The highest BCUT2D eigenvalue weighted by Gasteiger charge is 2.37. The van der Waals surface area contributed by atoms with Gasteiger partial charge in [0.05, 0.1) is 18.1 Å². The second-order valence-electron chi connectivity index (χ2n) is 6.33. The summed E-state index contributed by atoms with van der Waals surface area (Å²) in [7, 11) is 0. The van der Waals surface area contributed by atoms with E-state index in [4.69, 9.17) is 4.74 Å². The normalized spacial score (nSPS) is 19.3. The highest BCUT2D eigenvalue weighted by Crippen LogP contribution is 2.33. The molecule has 0 atom stereocenters. The molecular formula is C20H18N2O4S. The van der Waals surface area contributed by atoms with Crippen LogP contribution < -0.4 is 0 Å². The molecule has 0 saturated carbocycles. The number of hydrogen-bond acceptors (Lipinski definition) is 5. The average Bonchev–Trinajstić information content (AvgIpc) is 2.96. The molecule has 0 aromatic heterocycles. The van der Waals surface area contributed by atoms with Crippen molar-refractivity contribution in [1.82, 2.24) is 9.80 Å². The fraction of sp³-hybridized carbons (Fsp3) is 0.250. The Morgan fingerprint density at radius 2 is 1.81 bits per heavy atom. The minimum atomic E-state index is -0.417. The Balaban J connectivity index is 1.55. The van der Waals surface area contributed by atoms with Gasteiger partial charge in [-0.3, -0.25) is 19.3 Å². The van der Waals surface area contributed by atoms with Crippen molar-refractivity contribution < 1.29 is 19.1 Å². The maximum absolute atomic E-state index is 12.7. The van der Waals surface area contributed by atoms with E-state index in [1.165, 1.54) is 0 Å². The Labute approximate surface area is 160 Å². The zero-order valence-electron chi connectivity index (χ0n) is 14.6. The predicted molar refractivity (Wildman–Crippen MR) is 104 cm³/mol. The van der Waals surface area contributed by atoms with Gasteiger partial charge in [-0.15, -0.1) is 0 Å². The van der Waals surface area contributed by atoms with E-state index < -0.39 is 11.1 Å². The predicted octanol–water partition coefficient (Wildman–Crippen LogP) is 2.73. The largest absolute Gasteiger partial charge is 0.378 e. The van der Waals surface area contributed by atoms with Crippen LogP contribution in [0.15, 0.2) is 47.4 Å². The Kier molecular flexibility index (Phi) is 4.96. The van der Waals surface area contributed by atoms with E-state index in [1.54, 1.807) is 11.0 Å². The van der Waals surface area contributed by atoms with Crippen molar-refractivity contribution in [3.8, 4) is 0 Å². The fourth-order valence-electron chi connectivity index (χ4n) is 3.20. The maximum Gasteiger partial charge on any atom is 0.294 e. The van der Waals surface area contributed by atoms with Crippen LogP contribution >= 0.6 is 11.8 Å². The average molecular weight is 382 g/mol. The molecular weight excluding hydrogens is 364 g/mol. The first kappa shape index (κ1) is 17.8. The third-order valence-corrected chi connectivity index (χ3v) is 5.55. The fourth-order valence-corrected chi connectivity index (χ4v) is 4.03. The van der Waals surface area contributed by atoms with E-state index in [2.05, 4.69) is 0 Å². The van der Waals surface area contributed by atoms with Crippen LogP contribution in [-0.4, -0.2) is 59.7 Å². The van der Waals surface area contributed by atoms with Gasteiger partial charge >= 0.3 is 0 Å². The van der Waals surface area contributed by atoms with Crippen LogP contribution in [-0.2, 0) is 14.3 Å². The zero-order chi connectivity index (χ0) is 18.8. The molecule has 2 saturated heterocycles. The molecule has 27 heavy (non-hydrogen) atoms. The summed E-state index contributed by atoms with van der Waals surface area (Å²) in [6, 6.07) is 13.7. The van der Waals surface area contributed by atoms with Crippen molar-refractivity contribution in [2.24, 2.45) is 0 Å². The molecule has 0 N–H and O–H groups in total. The summed E-state index contributed by atoms with van der Waals surface area (Å²) in [6.45, 7) is 1.71. The summed E-state index contributed by atoms with van der Waals surface area (Å²) >= 11 is 0.877. The van der Waals surface area contributed by atoms with Gasteiger partial charge in [-0.2, -0.15) is 0 Å². The molecule has 7 heteroatoms. The number of imide groups is 1. The number of amides is 3. The number of morpholine rings is 1. The molecule has 2 fully saturated rings. The lowest BCUT2D eigenvalue weighted by molar-refractivity contribution is -0.139. The number of nitrogens with zero attached hydrogens (tertiary/aromatic N) is 2. The topological polar surface area (TPSA) is 66.9 Å². The maximum atomic E-state index is 12.7. The molecule has 2 aliphatic heterocycles. The number of fused-ring (bicyclic) bond motifs is 1. The monoisotopic (exact) mass is 382 g/mol. The molecule has 6 nitrogen and oxygen atoms in total. The Bertz CT molecular complexity index is 945. The van der Waals surface area contributed by atoms with Crippen molar-refractivity contribution in [3.63, 3.8) is 0 Å². The van der Waals surface area contributed by atoms with Crippen LogP contribution in [0.25, 0.3) is 16.8 Å². The number of thioether (sulfide) groups is 1. The number of carbonyl (C=O) groups is 3. The molecule has 4 rings (SSSR count). The van der Waals surface area contributed by atoms with E-state index in [1.807, 2.05) is 42.5 Å². The number of hydrogen-bond donors (Lipinski definition) is 0. The SMILES string of the molecule is O=C(CN1C(=O)S/C(=C/c2cccc3ccccc23)C1=O)N1CCOCC1. The molecule has 0 bridgehead atoms. The van der Waals surface area contributed by atoms with Crippen molar-refractivity contribution in [3.05, 3.63) is 52.9 Å². The van der Waals surface area contributed by atoms with Crippen LogP contribution in [0.3, 0.4) is 0 Å². The van der Waals surface area contributed by atoms with Gasteiger partial charge in [0, 0.05) is 13.1 Å². The second kappa shape index (κ2) is 7.54. The Morgan fingerprint density at radius 3 is 2.63 bits per heavy atom. The summed E-state index contributed by atoms with van der Waals surface area (Å²) in [5.74, 6) is -0.647. The summed E-state index contributed by atoms with van der Waals surface area (Å²) < 4.78 is 5.23. The van der Waals surface area contributed by atoms with Gasteiger partial charge in [0.15, 0.2) is 0 Å². The lowest BCUT2D eigenvalue weighted by Gasteiger charge is -2.28. The van der Waals surface area contributed by atoms with Crippen LogP contribution in [0.5, 0.6) is 0 Å². The van der Waals surface area contributed by atoms with Crippen molar-refractivity contribution in [2.75, 3.05) is 32.8 Å². The Hall–Kier alpha value is -2.64. The van der Waals surface area contributed by atoms with Gasteiger partial charge in [-0.05, 0) is 34.2 Å². The quantitative estimate of drug-likeness (QED) is 0.764. The summed E-state index contributed by atoms with van der Waals surface area (Å²) in [4.78, 5) is 40.4. The van der Waals surface area contributed by atoms with E-state index in [0.717, 1.165) is 33.0 Å². The van der Waals surface area contributed by atoms with Crippen LogP contribution in [0.2, 0.25) is 0 Å². The minimum Gasteiger partial charge on any atom is -0.378 e. The van der Waals surface area contributed by atoms with E-state index in [0.29, 0.717) is 31.2 Å². The van der Waals surface area contributed by atoms with Crippen molar-refractivity contribution >= 4 is 45.7 Å². The number of carbonyl (C=O) groups excluding carboxylic acids is 3. The smallest absolute Gasteiger partial charge is 0.294 e. The van der Waals surface area contributed by atoms with Crippen molar-refractivity contribution in [2.45, 2.75) is 0 Å². The van der Waals surface area contributed by atoms with E-state index >= 15 is 0 Å². The molecule has 2 aromatic carbocycles. The standard InChI is InChI=1S/C20H18N2O4S/c23-18(21-8-10-26-11-9-21)13-22-19(24)17(27-20(22)25)12-15-6-3-5-14-4-1-2-7-16(14)15/h1-7,12H,8-11,13H2/b17-12+. The van der Waals surface area contributed by atoms with E-state index in [9.17, 15) is 14.4 Å². The highest BCUT2D eigenvalue weighted by atomic mass is 32.2. The number of ether oxygens (including phenoxy) is 1. The highest BCUT2D eigenvalue weighted by molar-refractivity contribution is 8.18. The van der Waals surface area contributed by atoms with E-state index in [-0.39, 0.29) is 12.5 Å².